The standard InChI is InChI=1S/C28H37N7O4S2/c1-4-39-24-16-30-15-23(32-24)26-25(33-28(40-26)27(29)36)21(14-19-7-5-6-12-35(19)17(2)3)22-13-18(10-11-31-22)34-41(37,38)20-8-9-20/h10-11,13,15-17,19-21H,4-9,12,14H2,1-3H3,(H2,29,36)(H,31,34)/t19-,21-/m0/s1. The van der Waals surface area contributed by atoms with Crippen LogP contribution in [0.25, 0.3) is 10.6 Å². The number of amides is 1. The van der Waals surface area contributed by atoms with Crippen LogP contribution >= 0.6 is 11.3 Å². The van der Waals surface area contributed by atoms with E-state index in [1.54, 1.807) is 30.7 Å². The molecule has 1 aliphatic carbocycles. The molecule has 0 unspecified atom stereocenters. The zero-order chi connectivity index (χ0) is 29.1. The number of nitrogens with two attached hydrogens (primary N) is 1. The van der Waals surface area contributed by atoms with Crippen LogP contribution in [0.5, 0.6) is 5.88 Å². The molecule has 1 amide bonds. The third kappa shape index (κ3) is 6.84. The van der Waals surface area contributed by atoms with Crippen molar-refractivity contribution in [3.8, 4) is 16.5 Å². The first kappa shape index (κ1) is 29.3. The van der Waals surface area contributed by atoms with E-state index in [0.29, 0.717) is 65.4 Å². The molecule has 2 atom stereocenters. The Morgan fingerprint density at radius 1 is 1.22 bits per heavy atom. The van der Waals surface area contributed by atoms with Crippen LogP contribution in [0.15, 0.2) is 30.7 Å². The van der Waals surface area contributed by atoms with Gasteiger partial charge in [-0.05, 0) is 71.6 Å². The average molecular weight is 600 g/mol. The number of hydrogen-bond donors (Lipinski definition) is 2. The van der Waals surface area contributed by atoms with Crippen LogP contribution in [0, 0.1) is 0 Å². The molecule has 5 rings (SSSR count). The summed E-state index contributed by atoms with van der Waals surface area (Å²) in [6.45, 7) is 7.71. The Morgan fingerprint density at radius 3 is 2.73 bits per heavy atom. The predicted molar refractivity (Wildman–Crippen MR) is 159 cm³/mol. The summed E-state index contributed by atoms with van der Waals surface area (Å²) in [6.07, 6.45) is 10.1. The number of nitrogens with zero attached hydrogens (tertiary/aromatic N) is 5. The number of piperidine rings is 1. The van der Waals surface area contributed by atoms with Crippen molar-refractivity contribution in [1.82, 2.24) is 24.8 Å². The van der Waals surface area contributed by atoms with Crippen LogP contribution in [0.2, 0.25) is 0 Å². The maximum atomic E-state index is 12.7. The number of pyridine rings is 1. The molecule has 4 heterocycles. The Morgan fingerprint density at radius 2 is 2.02 bits per heavy atom. The first-order chi connectivity index (χ1) is 19.7. The zero-order valence-electron chi connectivity index (χ0n) is 23.6. The molecule has 1 saturated heterocycles. The number of thiazole rings is 1. The fourth-order valence-corrected chi connectivity index (χ4v) is 7.77. The highest BCUT2D eigenvalue weighted by atomic mass is 32.2. The number of nitrogens with one attached hydrogen (secondary N) is 1. The maximum absolute atomic E-state index is 12.7. The molecule has 13 heteroatoms. The minimum atomic E-state index is -3.46. The Hall–Kier alpha value is -3.16. The van der Waals surface area contributed by atoms with E-state index in [0.717, 1.165) is 25.8 Å². The number of anilines is 1. The lowest BCUT2D eigenvalue weighted by Gasteiger charge is -2.40. The first-order valence-corrected chi connectivity index (χ1v) is 16.5. The Labute approximate surface area is 245 Å². The van der Waals surface area contributed by atoms with Gasteiger partial charge in [-0.3, -0.25) is 24.4 Å². The molecule has 41 heavy (non-hydrogen) atoms. The van der Waals surface area contributed by atoms with Crippen molar-refractivity contribution in [2.45, 2.75) is 82.5 Å². The fraction of sp³-hybridized carbons (Fsp3) is 0.536. The second-order valence-corrected chi connectivity index (χ2v) is 13.8. The van der Waals surface area contributed by atoms with E-state index in [9.17, 15) is 13.2 Å². The van der Waals surface area contributed by atoms with Crippen LogP contribution in [0.4, 0.5) is 5.69 Å². The molecule has 0 spiro atoms. The van der Waals surface area contributed by atoms with Gasteiger partial charge in [0.2, 0.25) is 15.9 Å². The topological polar surface area (TPSA) is 153 Å². The van der Waals surface area contributed by atoms with Crippen molar-refractivity contribution in [2.24, 2.45) is 5.73 Å². The Kier molecular flexibility index (Phi) is 8.85. The van der Waals surface area contributed by atoms with Gasteiger partial charge in [-0.1, -0.05) is 6.42 Å². The molecule has 220 valence electrons. The number of aromatic nitrogens is 4. The molecular weight excluding hydrogens is 562 g/mol. The number of likely N-dealkylation sites (tertiary alicyclic amines) is 1. The summed E-state index contributed by atoms with van der Waals surface area (Å²) in [7, 11) is -3.46. The molecular formula is C28H37N7O4S2. The van der Waals surface area contributed by atoms with Crippen molar-refractivity contribution in [3.63, 3.8) is 0 Å². The van der Waals surface area contributed by atoms with Crippen molar-refractivity contribution in [1.29, 1.82) is 0 Å². The van der Waals surface area contributed by atoms with Crippen molar-refractivity contribution < 1.29 is 17.9 Å². The zero-order valence-corrected chi connectivity index (χ0v) is 25.2. The summed E-state index contributed by atoms with van der Waals surface area (Å²) in [6, 6.07) is 4.04. The first-order valence-electron chi connectivity index (χ1n) is 14.1. The SMILES string of the molecule is CCOc1cncc(-c2sc(C(N)=O)nc2[C@@H](C[C@@H]2CCCCN2C(C)C)c2cc(NS(=O)(=O)C3CC3)ccn2)n1. The van der Waals surface area contributed by atoms with Gasteiger partial charge in [-0.15, -0.1) is 11.3 Å². The van der Waals surface area contributed by atoms with Gasteiger partial charge in [-0.25, -0.2) is 18.4 Å². The van der Waals surface area contributed by atoms with Crippen LogP contribution in [-0.4, -0.2) is 69.6 Å². The summed E-state index contributed by atoms with van der Waals surface area (Å²) in [5, 5.41) is -0.185. The van der Waals surface area contributed by atoms with Gasteiger partial charge >= 0.3 is 0 Å². The molecule has 11 nitrogen and oxygen atoms in total. The van der Waals surface area contributed by atoms with Gasteiger partial charge in [0.05, 0.1) is 46.2 Å². The van der Waals surface area contributed by atoms with Gasteiger partial charge in [0, 0.05) is 24.2 Å². The van der Waals surface area contributed by atoms with Crippen LogP contribution in [-0.2, 0) is 10.0 Å². The van der Waals surface area contributed by atoms with E-state index >= 15 is 0 Å². The quantitative estimate of drug-likeness (QED) is 0.312. The van der Waals surface area contributed by atoms with E-state index < -0.39 is 15.9 Å². The second-order valence-electron chi connectivity index (χ2n) is 10.9. The normalized spacial score (nSPS) is 18.8. The van der Waals surface area contributed by atoms with Crippen molar-refractivity contribution >= 4 is 33.0 Å². The molecule has 1 saturated carbocycles. The third-order valence-corrected chi connectivity index (χ3v) is 10.5. The van der Waals surface area contributed by atoms with Gasteiger partial charge in [-0.2, -0.15) is 0 Å². The van der Waals surface area contributed by atoms with E-state index in [1.165, 1.54) is 11.3 Å². The number of sulfonamides is 1. The number of rotatable bonds is 12. The minimum absolute atomic E-state index is 0.165. The Balaban J connectivity index is 1.61. The Bertz CT molecular complexity index is 1490. The highest BCUT2D eigenvalue weighted by molar-refractivity contribution is 7.93. The molecule has 0 bridgehead atoms. The number of carbonyl (C=O) groups is 1. The van der Waals surface area contributed by atoms with E-state index in [2.05, 4.69) is 33.4 Å². The molecule has 0 radical (unpaired) electrons. The molecule has 3 aromatic rings. The van der Waals surface area contributed by atoms with Gasteiger partial charge in [0.25, 0.3) is 5.91 Å². The highest BCUT2D eigenvalue weighted by Gasteiger charge is 2.36. The monoisotopic (exact) mass is 599 g/mol. The maximum Gasteiger partial charge on any atom is 0.277 e. The highest BCUT2D eigenvalue weighted by Crippen LogP contribution is 2.41. The molecule has 3 N–H and O–H groups in total. The number of primary amides is 1. The summed E-state index contributed by atoms with van der Waals surface area (Å²) < 4.78 is 33.8. The van der Waals surface area contributed by atoms with E-state index in [1.807, 2.05) is 6.92 Å². The van der Waals surface area contributed by atoms with E-state index in [-0.39, 0.29) is 22.2 Å². The third-order valence-electron chi connectivity index (χ3n) is 7.54. The molecule has 0 aromatic carbocycles. The molecule has 3 aromatic heterocycles. The number of carbonyl (C=O) groups excluding carboxylic acids is 1. The minimum Gasteiger partial charge on any atom is -0.477 e. The van der Waals surface area contributed by atoms with Crippen LogP contribution < -0.4 is 15.2 Å². The molecule has 1 aliphatic heterocycles. The average Bonchev–Trinajstić information content (AvgIpc) is 3.72. The summed E-state index contributed by atoms with van der Waals surface area (Å²) in [4.78, 5) is 33.9. The summed E-state index contributed by atoms with van der Waals surface area (Å²) >= 11 is 1.17. The molecule has 2 fully saturated rings. The van der Waals surface area contributed by atoms with Crippen LogP contribution in [0.3, 0.4) is 0 Å². The van der Waals surface area contributed by atoms with E-state index in [4.69, 9.17) is 20.4 Å². The van der Waals surface area contributed by atoms with Gasteiger partial charge in [0.15, 0.2) is 5.01 Å². The second kappa shape index (κ2) is 12.4. The van der Waals surface area contributed by atoms with Crippen LogP contribution in [0.1, 0.15) is 86.4 Å². The number of ether oxygens (including phenoxy) is 1. The van der Waals surface area contributed by atoms with Crippen molar-refractivity contribution in [3.05, 3.63) is 47.1 Å². The summed E-state index contributed by atoms with van der Waals surface area (Å²) in [5.74, 6) is -0.619. The lowest BCUT2D eigenvalue weighted by Crippen LogP contribution is -2.44. The lowest BCUT2D eigenvalue weighted by molar-refractivity contribution is 0.0998. The predicted octanol–water partition coefficient (Wildman–Crippen LogP) is 4.18. The molecule has 2 aliphatic rings. The summed E-state index contributed by atoms with van der Waals surface area (Å²) in [5.41, 5.74) is 7.98. The van der Waals surface area contributed by atoms with Gasteiger partial charge < -0.3 is 10.5 Å². The van der Waals surface area contributed by atoms with Crippen molar-refractivity contribution in [2.75, 3.05) is 17.9 Å². The number of hydrogen-bond acceptors (Lipinski definition) is 10. The smallest absolute Gasteiger partial charge is 0.277 e. The van der Waals surface area contributed by atoms with Gasteiger partial charge in [0.1, 0.15) is 5.69 Å². The lowest BCUT2D eigenvalue weighted by atomic mass is 9.86. The largest absolute Gasteiger partial charge is 0.477 e. The fourth-order valence-electron chi connectivity index (χ4n) is 5.46.